The molecule has 22 heavy (non-hydrogen) atoms. The van der Waals surface area contributed by atoms with Crippen LogP contribution in [0, 0.1) is 0 Å². The van der Waals surface area contributed by atoms with Gasteiger partial charge in [0.1, 0.15) is 23.9 Å². The van der Waals surface area contributed by atoms with Crippen molar-refractivity contribution in [2.75, 3.05) is 18.5 Å². The average Bonchev–Trinajstić information content (AvgIpc) is 2.55. The Balaban J connectivity index is 0.000000222. The Labute approximate surface area is 129 Å². The van der Waals surface area contributed by atoms with Crippen LogP contribution in [0.4, 0.5) is 11.4 Å². The summed E-state index contributed by atoms with van der Waals surface area (Å²) >= 11 is 0. The lowest BCUT2D eigenvalue weighted by molar-refractivity contribution is -0.118. The highest BCUT2D eigenvalue weighted by molar-refractivity contribution is 5.95. The van der Waals surface area contributed by atoms with Crippen LogP contribution in [0.25, 0.3) is 0 Å². The van der Waals surface area contributed by atoms with E-state index >= 15 is 0 Å². The second-order valence-corrected chi connectivity index (χ2v) is 4.57. The van der Waals surface area contributed by atoms with Crippen molar-refractivity contribution in [3.05, 3.63) is 42.7 Å². The topological polar surface area (TPSA) is 98.8 Å². The third-order valence-corrected chi connectivity index (χ3v) is 2.92. The number of amidine groups is 1. The van der Waals surface area contributed by atoms with Crippen LogP contribution in [-0.2, 0) is 4.79 Å². The number of benzene rings is 1. The number of hydrogen-bond donors (Lipinski definition) is 2. The van der Waals surface area contributed by atoms with Gasteiger partial charge in [-0.15, -0.1) is 0 Å². The molecule has 116 valence electrons. The van der Waals surface area contributed by atoms with Crippen LogP contribution in [0.5, 0.6) is 11.5 Å². The van der Waals surface area contributed by atoms with Crippen LogP contribution in [0.1, 0.15) is 2.85 Å². The Kier molecular flexibility index (Phi) is 3.86. The SMILES string of the molecule is NC1=Nc2ccncc2OC1.O=C1COc2ccccc2N1.[HH].[HH]. The van der Waals surface area contributed by atoms with Gasteiger partial charge in [0.05, 0.1) is 11.9 Å². The van der Waals surface area contributed by atoms with Gasteiger partial charge in [-0.25, -0.2) is 4.99 Å². The van der Waals surface area contributed by atoms with E-state index in [9.17, 15) is 4.79 Å². The van der Waals surface area contributed by atoms with E-state index < -0.39 is 0 Å². The van der Waals surface area contributed by atoms with Crippen molar-refractivity contribution in [3.8, 4) is 11.5 Å². The molecule has 2 aromatic rings. The second kappa shape index (κ2) is 6.13. The maximum Gasteiger partial charge on any atom is 0.262 e. The van der Waals surface area contributed by atoms with E-state index in [-0.39, 0.29) is 15.4 Å². The number of ether oxygens (including phenoxy) is 2. The van der Waals surface area contributed by atoms with Crippen molar-refractivity contribution in [1.82, 2.24) is 4.98 Å². The number of amides is 1. The molecule has 0 fully saturated rings. The smallest absolute Gasteiger partial charge is 0.262 e. The van der Waals surface area contributed by atoms with Crippen molar-refractivity contribution in [2.45, 2.75) is 0 Å². The van der Waals surface area contributed by atoms with E-state index in [2.05, 4.69) is 15.3 Å². The number of carbonyl (C=O) groups excluding carboxylic acids is 1. The van der Waals surface area contributed by atoms with Gasteiger partial charge in [-0.1, -0.05) is 12.1 Å². The Bertz CT molecular complexity index is 740. The Morgan fingerprint density at radius 2 is 1.95 bits per heavy atom. The molecule has 1 aromatic carbocycles. The van der Waals surface area contributed by atoms with Crippen LogP contribution < -0.4 is 20.5 Å². The molecule has 0 radical (unpaired) electrons. The number of rotatable bonds is 0. The van der Waals surface area contributed by atoms with Gasteiger partial charge < -0.3 is 20.5 Å². The zero-order valence-corrected chi connectivity index (χ0v) is 11.7. The highest BCUT2D eigenvalue weighted by Crippen LogP contribution is 2.27. The fraction of sp³-hybridized carbons (Fsp3) is 0.133. The van der Waals surface area contributed by atoms with Gasteiger partial charge >= 0.3 is 0 Å². The number of aromatic nitrogens is 1. The molecular weight excluding hydrogens is 284 g/mol. The minimum absolute atomic E-state index is 0. The predicted molar refractivity (Wildman–Crippen MR) is 85.8 cm³/mol. The molecule has 0 unspecified atom stereocenters. The molecule has 2 aliphatic rings. The lowest BCUT2D eigenvalue weighted by Crippen LogP contribution is -2.25. The third-order valence-electron chi connectivity index (χ3n) is 2.92. The summed E-state index contributed by atoms with van der Waals surface area (Å²) in [5, 5.41) is 2.70. The maximum absolute atomic E-state index is 10.8. The minimum atomic E-state index is -0.0938. The summed E-state index contributed by atoms with van der Waals surface area (Å²) in [5.74, 6) is 1.85. The first-order chi connectivity index (χ1) is 10.7. The van der Waals surface area contributed by atoms with Crippen LogP contribution in [0.3, 0.4) is 0 Å². The largest absolute Gasteiger partial charge is 0.482 e. The highest BCUT2D eigenvalue weighted by atomic mass is 16.5. The summed E-state index contributed by atoms with van der Waals surface area (Å²) in [6.07, 6.45) is 3.29. The third kappa shape index (κ3) is 3.14. The molecular formula is C15H18N4O3. The van der Waals surface area contributed by atoms with Gasteiger partial charge in [0.15, 0.2) is 12.4 Å². The summed E-state index contributed by atoms with van der Waals surface area (Å²) in [4.78, 5) is 18.8. The van der Waals surface area contributed by atoms with E-state index in [0.717, 1.165) is 17.1 Å². The number of nitrogens with two attached hydrogens (primary N) is 1. The average molecular weight is 302 g/mol. The number of hydrogen-bond acceptors (Lipinski definition) is 6. The number of carbonyl (C=O) groups is 1. The van der Waals surface area contributed by atoms with E-state index in [0.29, 0.717) is 18.2 Å². The maximum atomic E-state index is 10.8. The monoisotopic (exact) mass is 302 g/mol. The molecule has 0 spiro atoms. The first kappa shape index (κ1) is 13.9. The van der Waals surface area contributed by atoms with Crippen molar-refractivity contribution >= 4 is 23.1 Å². The molecule has 4 rings (SSSR count). The van der Waals surface area contributed by atoms with E-state index in [1.807, 2.05) is 24.3 Å². The molecule has 0 saturated carbocycles. The zero-order chi connectivity index (χ0) is 15.4. The van der Waals surface area contributed by atoms with E-state index in [1.165, 1.54) is 0 Å². The van der Waals surface area contributed by atoms with Crippen molar-refractivity contribution in [3.63, 3.8) is 0 Å². The van der Waals surface area contributed by atoms with Gasteiger partial charge in [0.2, 0.25) is 0 Å². The normalized spacial score (nSPS) is 14.7. The summed E-state index contributed by atoms with van der Waals surface area (Å²) in [6.45, 7) is 0.482. The molecule has 0 bridgehead atoms. The van der Waals surface area contributed by atoms with Gasteiger partial charge in [-0.3, -0.25) is 9.78 Å². The number of para-hydroxylation sites is 2. The van der Waals surface area contributed by atoms with Crippen LogP contribution in [0.2, 0.25) is 0 Å². The fourth-order valence-electron chi connectivity index (χ4n) is 1.94. The van der Waals surface area contributed by atoms with Crippen LogP contribution >= 0.6 is 0 Å². The van der Waals surface area contributed by atoms with Gasteiger partial charge in [0.25, 0.3) is 5.91 Å². The molecule has 1 aromatic heterocycles. The van der Waals surface area contributed by atoms with E-state index in [4.69, 9.17) is 15.2 Å². The zero-order valence-electron chi connectivity index (χ0n) is 11.7. The molecule has 7 heteroatoms. The number of fused-ring (bicyclic) bond motifs is 2. The molecule has 3 N–H and O–H groups in total. The molecule has 0 aliphatic carbocycles. The lowest BCUT2D eigenvalue weighted by atomic mass is 10.2. The van der Waals surface area contributed by atoms with E-state index in [1.54, 1.807) is 18.5 Å². The van der Waals surface area contributed by atoms with Crippen molar-refractivity contribution in [1.29, 1.82) is 0 Å². The molecule has 7 nitrogen and oxygen atoms in total. The summed E-state index contributed by atoms with van der Waals surface area (Å²) in [6, 6.07) is 9.13. The van der Waals surface area contributed by atoms with Crippen molar-refractivity contribution < 1.29 is 17.1 Å². The Morgan fingerprint density at radius 1 is 1.14 bits per heavy atom. The van der Waals surface area contributed by atoms with Gasteiger partial charge in [-0.05, 0) is 18.2 Å². The first-order valence-corrected chi connectivity index (χ1v) is 6.64. The molecule has 2 aliphatic heterocycles. The molecule has 0 atom stereocenters. The molecule has 1 amide bonds. The molecule has 3 heterocycles. The second-order valence-electron chi connectivity index (χ2n) is 4.57. The van der Waals surface area contributed by atoms with Crippen LogP contribution in [-0.4, -0.2) is 29.9 Å². The predicted octanol–water partition coefficient (Wildman–Crippen LogP) is 1.97. The van der Waals surface area contributed by atoms with Gasteiger partial charge in [0, 0.05) is 9.05 Å². The summed E-state index contributed by atoms with van der Waals surface area (Å²) in [7, 11) is 0. The highest BCUT2D eigenvalue weighted by Gasteiger charge is 2.13. The quantitative estimate of drug-likeness (QED) is 0.775. The van der Waals surface area contributed by atoms with Crippen molar-refractivity contribution in [2.24, 2.45) is 10.7 Å². The van der Waals surface area contributed by atoms with Crippen LogP contribution in [0.15, 0.2) is 47.7 Å². The fourth-order valence-corrected chi connectivity index (χ4v) is 1.94. The Morgan fingerprint density at radius 3 is 2.86 bits per heavy atom. The lowest BCUT2D eigenvalue weighted by Gasteiger charge is -2.16. The number of aliphatic imine (C=N–C) groups is 1. The summed E-state index contributed by atoms with van der Waals surface area (Å²) in [5.41, 5.74) is 6.96. The number of nitrogens with one attached hydrogen (secondary N) is 1. The molecule has 0 saturated heterocycles. The number of anilines is 1. The number of pyridine rings is 1. The minimum Gasteiger partial charge on any atom is -0.482 e. The Hall–Kier alpha value is -3.09. The van der Waals surface area contributed by atoms with Gasteiger partial charge in [-0.2, -0.15) is 0 Å². The standard InChI is InChI=1S/C8H7NO2.C7H7N3O.2H2/c10-8-5-11-7-4-2-1-3-6(7)9-8;8-7-4-11-6-3-9-2-1-5(6)10-7;;/h1-4H,5H2,(H,9,10);1-3H,4H2,(H2,8,10);2*1H. The summed E-state index contributed by atoms with van der Waals surface area (Å²) < 4.78 is 10.3. The first-order valence-electron chi connectivity index (χ1n) is 6.64. The number of nitrogens with zero attached hydrogens (tertiary/aromatic N) is 2.